The highest BCUT2D eigenvalue weighted by Gasteiger charge is 2.44. The SMILES string of the molecule is C=CCOc1cccc(C2C(=C([O-])c3ccc(OCC)cc3)C(=O)C(=O)N2CC[NH+]2CCOCC2)c1. The number of hydrogen-bond donors (Lipinski definition) is 1. The van der Waals surface area contributed by atoms with E-state index in [0.29, 0.717) is 62.1 Å². The molecule has 1 N–H and O–H groups in total. The molecule has 0 aromatic heterocycles. The fourth-order valence-corrected chi connectivity index (χ4v) is 4.59. The Morgan fingerprint density at radius 1 is 1.14 bits per heavy atom. The Morgan fingerprint density at radius 2 is 1.89 bits per heavy atom. The van der Waals surface area contributed by atoms with Gasteiger partial charge in [0.05, 0.1) is 39.0 Å². The maximum atomic E-state index is 13.6. The van der Waals surface area contributed by atoms with Gasteiger partial charge in [-0.1, -0.05) is 42.7 Å². The average molecular weight is 493 g/mol. The first-order valence-corrected chi connectivity index (χ1v) is 12.3. The lowest BCUT2D eigenvalue weighted by molar-refractivity contribution is -0.907. The molecule has 2 aromatic rings. The van der Waals surface area contributed by atoms with Crippen molar-refractivity contribution >= 4 is 17.4 Å². The summed E-state index contributed by atoms with van der Waals surface area (Å²) in [7, 11) is 0. The third kappa shape index (κ3) is 5.61. The first-order chi connectivity index (χ1) is 17.5. The highest BCUT2D eigenvalue weighted by Crippen LogP contribution is 2.39. The molecule has 2 aromatic carbocycles. The van der Waals surface area contributed by atoms with Gasteiger partial charge < -0.3 is 29.1 Å². The van der Waals surface area contributed by atoms with Crippen molar-refractivity contribution in [3.05, 3.63) is 77.9 Å². The monoisotopic (exact) mass is 492 g/mol. The normalized spacial score (nSPS) is 19.9. The van der Waals surface area contributed by atoms with Crippen LogP contribution in [0.4, 0.5) is 0 Å². The number of benzene rings is 2. The number of carbonyl (C=O) groups is 2. The van der Waals surface area contributed by atoms with Crippen LogP contribution in [0.1, 0.15) is 24.1 Å². The largest absolute Gasteiger partial charge is 0.872 e. The lowest BCUT2D eigenvalue weighted by Gasteiger charge is -2.30. The van der Waals surface area contributed by atoms with Crippen LogP contribution < -0.4 is 19.5 Å². The van der Waals surface area contributed by atoms with Gasteiger partial charge in [-0.25, -0.2) is 0 Å². The zero-order chi connectivity index (χ0) is 25.5. The Bertz CT molecular complexity index is 1120. The van der Waals surface area contributed by atoms with Gasteiger partial charge in [0.25, 0.3) is 5.91 Å². The Kier molecular flexibility index (Phi) is 8.40. The fourth-order valence-electron chi connectivity index (χ4n) is 4.59. The molecule has 0 radical (unpaired) electrons. The molecule has 190 valence electrons. The number of morpholine rings is 1. The van der Waals surface area contributed by atoms with Gasteiger partial charge in [-0.05, 0) is 42.3 Å². The van der Waals surface area contributed by atoms with Crippen molar-refractivity contribution in [2.75, 3.05) is 52.6 Å². The van der Waals surface area contributed by atoms with Gasteiger partial charge in [-0.3, -0.25) is 9.59 Å². The summed E-state index contributed by atoms with van der Waals surface area (Å²) in [6.07, 6.45) is 1.64. The van der Waals surface area contributed by atoms with Crippen molar-refractivity contribution in [2.24, 2.45) is 0 Å². The first kappa shape index (κ1) is 25.5. The Hall–Kier alpha value is -3.62. The van der Waals surface area contributed by atoms with E-state index in [1.165, 1.54) is 9.80 Å². The molecule has 2 saturated heterocycles. The molecule has 2 heterocycles. The van der Waals surface area contributed by atoms with Crippen LogP contribution in [0.3, 0.4) is 0 Å². The molecule has 36 heavy (non-hydrogen) atoms. The molecular weight excluding hydrogens is 460 g/mol. The van der Waals surface area contributed by atoms with Crippen LogP contribution in [-0.2, 0) is 14.3 Å². The van der Waals surface area contributed by atoms with Crippen LogP contribution in [0.5, 0.6) is 11.5 Å². The first-order valence-electron chi connectivity index (χ1n) is 12.3. The molecule has 4 rings (SSSR count). The van der Waals surface area contributed by atoms with Crippen molar-refractivity contribution in [1.29, 1.82) is 0 Å². The maximum absolute atomic E-state index is 13.6. The number of nitrogens with zero attached hydrogens (tertiary/aromatic N) is 1. The third-order valence-electron chi connectivity index (χ3n) is 6.40. The third-order valence-corrected chi connectivity index (χ3v) is 6.40. The Balaban J connectivity index is 1.72. The number of carbonyl (C=O) groups excluding carboxylic acids is 2. The average Bonchev–Trinajstić information content (AvgIpc) is 3.16. The predicted octanol–water partition coefficient (Wildman–Crippen LogP) is 0.789. The van der Waals surface area contributed by atoms with Gasteiger partial charge in [0.15, 0.2) is 0 Å². The summed E-state index contributed by atoms with van der Waals surface area (Å²) in [4.78, 5) is 29.3. The van der Waals surface area contributed by atoms with Gasteiger partial charge in [0, 0.05) is 5.57 Å². The summed E-state index contributed by atoms with van der Waals surface area (Å²) in [6.45, 7) is 10.4. The molecule has 1 atom stereocenters. The van der Waals surface area contributed by atoms with Crippen LogP contribution in [0.25, 0.3) is 5.76 Å². The number of nitrogens with one attached hydrogen (secondary N) is 1. The number of ketones is 1. The lowest BCUT2D eigenvalue weighted by Crippen LogP contribution is -3.14. The van der Waals surface area contributed by atoms with E-state index in [1.54, 1.807) is 48.5 Å². The van der Waals surface area contributed by atoms with E-state index in [4.69, 9.17) is 14.2 Å². The summed E-state index contributed by atoms with van der Waals surface area (Å²) in [5.74, 6) is -0.662. The van der Waals surface area contributed by atoms with Crippen molar-refractivity contribution in [2.45, 2.75) is 13.0 Å². The quantitative estimate of drug-likeness (QED) is 0.228. The molecule has 2 aliphatic rings. The van der Waals surface area contributed by atoms with Crippen LogP contribution in [-0.4, -0.2) is 69.2 Å². The molecule has 2 aliphatic heterocycles. The fraction of sp³-hybridized carbons (Fsp3) is 0.357. The number of quaternary nitrogens is 1. The van der Waals surface area contributed by atoms with Crippen LogP contribution in [0.15, 0.2) is 66.8 Å². The van der Waals surface area contributed by atoms with E-state index < -0.39 is 23.5 Å². The van der Waals surface area contributed by atoms with Gasteiger partial charge >= 0.3 is 0 Å². The summed E-state index contributed by atoms with van der Waals surface area (Å²) in [5, 5.41) is 13.6. The molecule has 8 nitrogen and oxygen atoms in total. The zero-order valence-corrected chi connectivity index (χ0v) is 20.5. The second kappa shape index (κ2) is 11.9. The van der Waals surface area contributed by atoms with E-state index in [1.807, 2.05) is 13.0 Å². The topological polar surface area (TPSA) is 92.6 Å². The van der Waals surface area contributed by atoms with Crippen molar-refractivity contribution in [3.8, 4) is 11.5 Å². The minimum atomic E-state index is -0.795. The predicted molar refractivity (Wildman–Crippen MR) is 133 cm³/mol. The number of rotatable bonds is 10. The van der Waals surface area contributed by atoms with Gasteiger partial charge in [-0.15, -0.1) is 0 Å². The van der Waals surface area contributed by atoms with E-state index in [2.05, 4.69) is 6.58 Å². The summed E-state index contributed by atoms with van der Waals surface area (Å²) < 4.78 is 16.6. The highest BCUT2D eigenvalue weighted by atomic mass is 16.5. The summed E-state index contributed by atoms with van der Waals surface area (Å²) >= 11 is 0. The van der Waals surface area contributed by atoms with Gasteiger partial charge in [-0.2, -0.15) is 0 Å². The summed E-state index contributed by atoms with van der Waals surface area (Å²) in [6, 6.07) is 13.0. The number of Topliss-reactive ketones (excluding diaryl/α,β-unsaturated/α-hetero) is 1. The van der Waals surface area contributed by atoms with Crippen LogP contribution in [0, 0.1) is 0 Å². The molecule has 1 unspecified atom stereocenters. The zero-order valence-electron chi connectivity index (χ0n) is 20.5. The molecule has 0 aliphatic carbocycles. The van der Waals surface area contributed by atoms with Crippen LogP contribution >= 0.6 is 0 Å². The molecule has 0 saturated carbocycles. The lowest BCUT2D eigenvalue weighted by atomic mass is 9.95. The minimum absolute atomic E-state index is 0.0398. The summed E-state index contributed by atoms with van der Waals surface area (Å²) in [5.41, 5.74) is 0.948. The number of hydrogen-bond acceptors (Lipinski definition) is 6. The van der Waals surface area contributed by atoms with Crippen molar-refractivity contribution in [1.82, 2.24) is 4.90 Å². The minimum Gasteiger partial charge on any atom is -0.872 e. The second-order valence-corrected chi connectivity index (χ2v) is 8.71. The van der Waals surface area contributed by atoms with E-state index in [0.717, 1.165) is 13.1 Å². The molecule has 2 fully saturated rings. The Morgan fingerprint density at radius 3 is 2.58 bits per heavy atom. The molecule has 0 bridgehead atoms. The van der Waals surface area contributed by atoms with Crippen molar-refractivity contribution in [3.63, 3.8) is 0 Å². The van der Waals surface area contributed by atoms with Crippen molar-refractivity contribution < 1.29 is 33.8 Å². The maximum Gasteiger partial charge on any atom is 0.295 e. The van der Waals surface area contributed by atoms with E-state index in [9.17, 15) is 14.7 Å². The highest BCUT2D eigenvalue weighted by molar-refractivity contribution is 6.46. The van der Waals surface area contributed by atoms with Gasteiger partial charge in [0.1, 0.15) is 31.2 Å². The Labute approximate surface area is 211 Å². The number of ether oxygens (including phenoxy) is 3. The van der Waals surface area contributed by atoms with Crippen LogP contribution in [0.2, 0.25) is 0 Å². The smallest absolute Gasteiger partial charge is 0.295 e. The molecule has 8 heteroatoms. The number of amides is 1. The van der Waals surface area contributed by atoms with E-state index in [-0.39, 0.29) is 5.57 Å². The molecule has 0 spiro atoms. The van der Waals surface area contributed by atoms with E-state index >= 15 is 0 Å². The second-order valence-electron chi connectivity index (χ2n) is 8.71. The standard InChI is InChI=1S/C28H32N2O6/c1-3-16-36-23-7-5-6-21(19-23)25-24(26(31)20-8-10-22(11-9-20)35-4-2)27(32)28(33)30(25)13-12-29-14-17-34-18-15-29/h3,5-11,19,25,31H,1,4,12-18H2,2H3. The molecule has 1 amide bonds. The molecular formula is C28H32N2O6. The number of likely N-dealkylation sites (tertiary alicyclic amines) is 1. The van der Waals surface area contributed by atoms with Gasteiger partial charge in [0.2, 0.25) is 5.78 Å².